The summed E-state index contributed by atoms with van der Waals surface area (Å²) in [6, 6.07) is 12.4. The minimum atomic E-state index is -0.187. The molecule has 0 fully saturated rings. The Balaban J connectivity index is 1.87. The zero-order valence-corrected chi connectivity index (χ0v) is 16.6. The van der Waals surface area contributed by atoms with Gasteiger partial charge < -0.3 is 5.32 Å². The van der Waals surface area contributed by atoms with Crippen LogP contribution in [0.2, 0.25) is 15.1 Å². The zero-order chi connectivity index (χ0) is 17.3. The molecule has 0 atom stereocenters. The van der Waals surface area contributed by atoms with Crippen LogP contribution in [0, 0.1) is 0 Å². The summed E-state index contributed by atoms with van der Waals surface area (Å²) in [5.41, 5.74) is 1.89. The first kappa shape index (κ1) is 17.8. The molecule has 2 aromatic carbocycles. The Morgan fingerprint density at radius 2 is 1.75 bits per heavy atom. The Morgan fingerprint density at radius 1 is 0.958 bits per heavy atom. The Bertz CT molecular complexity index is 926. The van der Waals surface area contributed by atoms with Gasteiger partial charge in [-0.2, -0.15) is 0 Å². The number of nitrogens with one attached hydrogen (secondary N) is 1. The second-order valence-corrected chi connectivity index (χ2v) is 7.92. The summed E-state index contributed by atoms with van der Waals surface area (Å²) >= 11 is 23.2. The highest BCUT2D eigenvalue weighted by molar-refractivity contribution is 9.10. The summed E-state index contributed by atoms with van der Waals surface area (Å²) < 4.78 is 0.893. The molecule has 0 radical (unpaired) electrons. The highest BCUT2D eigenvalue weighted by atomic mass is 79.9. The molecule has 3 rings (SSSR count). The van der Waals surface area contributed by atoms with Gasteiger partial charge in [-0.1, -0.05) is 50.7 Å². The second-order valence-electron chi connectivity index (χ2n) is 4.87. The summed E-state index contributed by atoms with van der Waals surface area (Å²) in [5.74, 6) is -0.187. The topological polar surface area (TPSA) is 29.1 Å². The number of ketones is 1. The van der Waals surface area contributed by atoms with Crippen molar-refractivity contribution in [2.45, 2.75) is 0 Å². The van der Waals surface area contributed by atoms with E-state index in [1.807, 2.05) is 12.1 Å². The van der Waals surface area contributed by atoms with Gasteiger partial charge in [0.2, 0.25) is 5.78 Å². The van der Waals surface area contributed by atoms with Crippen LogP contribution in [0.25, 0.3) is 0 Å². The summed E-state index contributed by atoms with van der Waals surface area (Å²) in [6.07, 6.45) is 0. The summed E-state index contributed by atoms with van der Waals surface area (Å²) in [4.78, 5) is 13.0. The minimum Gasteiger partial charge on any atom is -0.354 e. The van der Waals surface area contributed by atoms with E-state index in [9.17, 15) is 4.79 Å². The monoisotopic (exact) mass is 459 g/mol. The average Bonchev–Trinajstić information content (AvgIpc) is 2.96. The van der Waals surface area contributed by atoms with Gasteiger partial charge >= 0.3 is 0 Å². The summed E-state index contributed by atoms with van der Waals surface area (Å²) in [6.45, 7) is 0. The number of rotatable bonds is 4. The van der Waals surface area contributed by atoms with Crippen LogP contribution in [0.4, 0.5) is 11.4 Å². The number of benzene rings is 2. The smallest absolute Gasteiger partial charge is 0.205 e. The van der Waals surface area contributed by atoms with Crippen LogP contribution in [-0.4, -0.2) is 5.78 Å². The average molecular weight is 462 g/mol. The van der Waals surface area contributed by atoms with Crippen molar-refractivity contribution < 1.29 is 4.79 Å². The Kier molecular flexibility index (Phi) is 5.52. The lowest BCUT2D eigenvalue weighted by Gasteiger charge is -2.11. The quantitative estimate of drug-likeness (QED) is 0.409. The van der Waals surface area contributed by atoms with E-state index in [1.165, 1.54) is 11.3 Å². The number of hydrogen-bond donors (Lipinski definition) is 1. The van der Waals surface area contributed by atoms with E-state index in [-0.39, 0.29) is 5.78 Å². The lowest BCUT2D eigenvalue weighted by atomic mass is 10.1. The van der Waals surface area contributed by atoms with E-state index >= 15 is 0 Å². The van der Waals surface area contributed by atoms with Crippen molar-refractivity contribution in [1.82, 2.24) is 0 Å². The molecule has 24 heavy (non-hydrogen) atoms. The highest BCUT2D eigenvalue weighted by Crippen LogP contribution is 2.32. The van der Waals surface area contributed by atoms with Gasteiger partial charge in [0.25, 0.3) is 0 Å². The number of hydrogen-bond acceptors (Lipinski definition) is 3. The molecule has 0 saturated carbocycles. The normalized spacial score (nSPS) is 10.7. The van der Waals surface area contributed by atoms with Gasteiger partial charge in [0.05, 0.1) is 25.6 Å². The molecule has 0 unspecified atom stereocenters. The van der Waals surface area contributed by atoms with Gasteiger partial charge in [-0.25, -0.2) is 0 Å². The number of carbonyl (C=O) groups excluding carboxylic acids is 1. The van der Waals surface area contributed by atoms with Crippen molar-refractivity contribution >= 4 is 79.2 Å². The molecule has 2 nitrogen and oxygen atoms in total. The van der Waals surface area contributed by atoms with Crippen LogP contribution in [0.5, 0.6) is 0 Å². The molecule has 122 valence electrons. The molecule has 0 saturated heterocycles. The molecule has 7 heteroatoms. The molecular weight excluding hydrogens is 453 g/mol. The van der Waals surface area contributed by atoms with Gasteiger partial charge in [-0.05, 0) is 47.8 Å². The lowest BCUT2D eigenvalue weighted by Crippen LogP contribution is -2.01. The maximum absolute atomic E-state index is 12.5. The third-order valence-corrected chi connectivity index (χ3v) is 5.71. The molecule has 3 aromatic rings. The maximum atomic E-state index is 12.5. The standard InChI is InChI=1S/C17H9BrCl3NOS/c18-9-1-4-15(14(21)7-9)22-10-2-3-11(13(20)8-10)16(23)17-12(19)5-6-24-17/h1-8,22H. The highest BCUT2D eigenvalue weighted by Gasteiger charge is 2.17. The van der Waals surface area contributed by atoms with Gasteiger partial charge in [0.1, 0.15) is 0 Å². The maximum Gasteiger partial charge on any atom is 0.205 e. The number of thiophene rings is 1. The zero-order valence-electron chi connectivity index (χ0n) is 11.9. The molecule has 0 spiro atoms. The van der Waals surface area contributed by atoms with Crippen molar-refractivity contribution in [3.05, 3.63) is 77.8 Å². The van der Waals surface area contributed by atoms with E-state index in [1.54, 1.807) is 35.7 Å². The van der Waals surface area contributed by atoms with Crippen LogP contribution in [0.15, 0.2) is 52.3 Å². The molecule has 0 aliphatic carbocycles. The first-order valence-corrected chi connectivity index (χ1v) is 9.55. The molecule has 0 aliphatic rings. The minimum absolute atomic E-state index is 0.187. The first-order valence-electron chi connectivity index (χ1n) is 6.75. The van der Waals surface area contributed by atoms with E-state index in [0.29, 0.717) is 25.5 Å². The molecule has 0 aliphatic heterocycles. The molecule has 1 aromatic heterocycles. The molecule has 1 N–H and O–H groups in total. The van der Waals surface area contributed by atoms with Crippen molar-refractivity contribution in [2.24, 2.45) is 0 Å². The first-order chi connectivity index (χ1) is 11.5. The number of halogens is 4. The van der Waals surface area contributed by atoms with E-state index in [0.717, 1.165) is 15.8 Å². The van der Waals surface area contributed by atoms with Crippen LogP contribution in [0.3, 0.4) is 0 Å². The fourth-order valence-electron chi connectivity index (χ4n) is 2.10. The SMILES string of the molecule is O=C(c1ccc(Nc2ccc(Br)cc2Cl)cc1Cl)c1sccc1Cl. The third kappa shape index (κ3) is 3.79. The Hall–Kier alpha value is -1.04. The fourth-order valence-corrected chi connectivity index (χ4v) is 4.18. The number of carbonyl (C=O) groups is 1. The Labute approximate surface area is 166 Å². The van der Waals surface area contributed by atoms with Crippen LogP contribution < -0.4 is 5.32 Å². The van der Waals surface area contributed by atoms with E-state index in [2.05, 4.69) is 21.2 Å². The molecule has 1 heterocycles. The van der Waals surface area contributed by atoms with Crippen LogP contribution >= 0.6 is 62.1 Å². The Morgan fingerprint density at radius 3 is 2.38 bits per heavy atom. The molecule has 0 bridgehead atoms. The van der Waals surface area contributed by atoms with Gasteiger partial charge in [-0.3, -0.25) is 4.79 Å². The van der Waals surface area contributed by atoms with Crippen LogP contribution in [-0.2, 0) is 0 Å². The lowest BCUT2D eigenvalue weighted by molar-refractivity contribution is 0.104. The largest absolute Gasteiger partial charge is 0.354 e. The van der Waals surface area contributed by atoms with Gasteiger partial charge in [0.15, 0.2) is 0 Å². The van der Waals surface area contributed by atoms with Crippen molar-refractivity contribution in [3.63, 3.8) is 0 Å². The van der Waals surface area contributed by atoms with Crippen LogP contribution in [0.1, 0.15) is 15.2 Å². The second kappa shape index (κ2) is 7.46. The predicted molar refractivity (Wildman–Crippen MR) is 107 cm³/mol. The van der Waals surface area contributed by atoms with Gasteiger partial charge in [0, 0.05) is 15.7 Å². The van der Waals surface area contributed by atoms with Gasteiger partial charge in [-0.15, -0.1) is 11.3 Å². The number of anilines is 2. The third-order valence-electron chi connectivity index (χ3n) is 3.25. The van der Waals surface area contributed by atoms with E-state index < -0.39 is 0 Å². The molecular formula is C17H9BrCl3NOS. The fraction of sp³-hybridized carbons (Fsp3) is 0. The molecule has 0 amide bonds. The van der Waals surface area contributed by atoms with Crippen molar-refractivity contribution in [3.8, 4) is 0 Å². The summed E-state index contributed by atoms with van der Waals surface area (Å²) in [7, 11) is 0. The summed E-state index contributed by atoms with van der Waals surface area (Å²) in [5, 5.41) is 6.31. The predicted octanol–water partition coefficient (Wildman–Crippen LogP) is 7.45. The van der Waals surface area contributed by atoms with E-state index in [4.69, 9.17) is 34.8 Å². The van der Waals surface area contributed by atoms with Crippen molar-refractivity contribution in [1.29, 1.82) is 0 Å². The van der Waals surface area contributed by atoms with Crippen molar-refractivity contribution in [2.75, 3.05) is 5.32 Å².